The fourth-order valence-electron chi connectivity index (χ4n) is 4.69. The van der Waals surface area contributed by atoms with Crippen LogP contribution in [-0.2, 0) is 9.59 Å². The summed E-state index contributed by atoms with van der Waals surface area (Å²) in [5, 5.41) is 9.44. The normalized spacial score (nSPS) is 14.5. The van der Waals surface area contributed by atoms with Gasteiger partial charge in [-0.25, -0.2) is 9.99 Å². The number of aryl methyl sites for hydroxylation is 1. The zero-order valence-electron chi connectivity index (χ0n) is 23.4. The van der Waals surface area contributed by atoms with Gasteiger partial charge in [0.05, 0.1) is 43.3 Å². The molecule has 1 unspecified atom stereocenters. The molecule has 1 N–H and O–H groups in total. The third kappa shape index (κ3) is 5.80. The number of hydrazone groups is 1. The molecule has 1 aliphatic heterocycles. The predicted octanol–water partition coefficient (Wildman–Crippen LogP) is 5.35. The summed E-state index contributed by atoms with van der Waals surface area (Å²) in [5.74, 6) is 1.51. The highest BCUT2D eigenvalue weighted by atomic mass is 32.1. The van der Waals surface area contributed by atoms with Crippen LogP contribution in [0, 0.1) is 6.92 Å². The van der Waals surface area contributed by atoms with Crippen molar-refractivity contribution in [3.05, 3.63) is 71.3 Å². The zero-order valence-corrected chi connectivity index (χ0v) is 24.2. The first kappa shape index (κ1) is 27.9. The summed E-state index contributed by atoms with van der Waals surface area (Å²) < 4.78 is 23.3. The third-order valence-electron chi connectivity index (χ3n) is 6.73. The zero-order chi connectivity index (χ0) is 29.1. The van der Waals surface area contributed by atoms with Crippen molar-refractivity contribution in [3.8, 4) is 23.0 Å². The van der Waals surface area contributed by atoms with E-state index in [0.717, 1.165) is 26.9 Å². The molecular weight excluding hydrogens is 544 g/mol. The molecule has 5 rings (SSSR count). The summed E-state index contributed by atoms with van der Waals surface area (Å²) in [6.07, 6.45) is 0.457. The Morgan fingerprint density at radius 3 is 2.39 bits per heavy atom. The molecule has 2 amide bonds. The monoisotopic (exact) mass is 574 g/mol. The summed E-state index contributed by atoms with van der Waals surface area (Å²) in [6.45, 7) is 3.20. The molecule has 4 aromatic rings. The molecule has 2 heterocycles. The second kappa shape index (κ2) is 11.8. The van der Waals surface area contributed by atoms with Crippen molar-refractivity contribution >= 4 is 44.2 Å². The van der Waals surface area contributed by atoms with Crippen molar-refractivity contribution < 1.29 is 28.5 Å². The molecule has 212 valence electrons. The Kier molecular flexibility index (Phi) is 8.06. The van der Waals surface area contributed by atoms with Gasteiger partial charge in [0, 0.05) is 18.9 Å². The lowest BCUT2D eigenvalue weighted by molar-refractivity contribution is -0.130. The molecule has 0 saturated carbocycles. The first-order valence-corrected chi connectivity index (χ1v) is 13.7. The Labute approximate surface area is 241 Å². The molecule has 0 bridgehead atoms. The van der Waals surface area contributed by atoms with Crippen LogP contribution in [0.1, 0.15) is 36.1 Å². The summed E-state index contributed by atoms with van der Waals surface area (Å²) in [5.41, 5.74) is 3.97. The van der Waals surface area contributed by atoms with Crippen molar-refractivity contribution in [1.82, 2.24) is 9.99 Å². The highest BCUT2D eigenvalue weighted by Gasteiger charge is 2.33. The lowest BCUT2D eigenvalue weighted by atomic mass is 9.97. The van der Waals surface area contributed by atoms with Crippen LogP contribution in [0.2, 0.25) is 0 Å². The van der Waals surface area contributed by atoms with Crippen LogP contribution in [0.25, 0.3) is 10.2 Å². The van der Waals surface area contributed by atoms with Gasteiger partial charge in [-0.05, 0) is 48.4 Å². The molecule has 1 atom stereocenters. The van der Waals surface area contributed by atoms with Crippen molar-refractivity contribution in [2.24, 2.45) is 5.10 Å². The van der Waals surface area contributed by atoms with E-state index in [0.29, 0.717) is 40.3 Å². The van der Waals surface area contributed by atoms with Crippen molar-refractivity contribution in [2.45, 2.75) is 26.3 Å². The Hall–Kier alpha value is -4.64. The van der Waals surface area contributed by atoms with Crippen molar-refractivity contribution in [1.29, 1.82) is 0 Å². The number of amides is 2. The van der Waals surface area contributed by atoms with E-state index in [9.17, 15) is 9.59 Å². The smallest absolute Gasteiger partial charge is 0.264 e. The molecule has 0 aliphatic carbocycles. The molecule has 0 spiro atoms. The number of hydrogen-bond acceptors (Lipinski definition) is 9. The Morgan fingerprint density at radius 1 is 1.00 bits per heavy atom. The SMILES string of the molecule is COc1cc(C2=NN(C(C)=O)C(c3ccc(C)c(OCC(=O)Nc4nc5ccccc5s4)c3)C2)cc(OC)c1OC. The van der Waals surface area contributed by atoms with Gasteiger partial charge in [0.25, 0.3) is 5.91 Å². The molecule has 0 saturated heterocycles. The number of ether oxygens (including phenoxy) is 4. The van der Waals surface area contributed by atoms with Gasteiger partial charge in [0.2, 0.25) is 11.7 Å². The largest absolute Gasteiger partial charge is 0.493 e. The van der Waals surface area contributed by atoms with E-state index < -0.39 is 0 Å². The molecule has 1 aliphatic rings. The van der Waals surface area contributed by atoms with Crippen molar-refractivity contribution in [2.75, 3.05) is 33.3 Å². The number of thiazole rings is 1. The Bertz CT molecular complexity index is 1590. The van der Waals surface area contributed by atoms with Crippen molar-refractivity contribution in [3.63, 3.8) is 0 Å². The maximum atomic E-state index is 12.6. The number of nitrogens with one attached hydrogen (secondary N) is 1. The second-order valence-electron chi connectivity index (χ2n) is 9.39. The highest BCUT2D eigenvalue weighted by molar-refractivity contribution is 7.22. The first-order valence-electron chi connectivity index (χ1n) is 12.9. The van der Waals surface area contributed by atoms with E-state index in [1.807, 2.05) is 61.5 Å². The summed E-state index contributed by atoms with van der Waals surface area (Å²) in [7, 11) is 4.65. The molecular formula is C30H30N4O6S. The average molecular weight is 575 g/mol. The highest BCUT2D eigenvalue weighted by Crippen LogP contribution is 2.41. The Morgan fingerprint density at radius 2 is 1.73 bits per heavy atom. The number of methoxy groups -OCH3 is 3. The number of rotatable bonds is 9. The molecule has 3 aromatic carbocycles. The van der Waals surface area contributed by atoms with Crippen LogP contribution < -0.4 is 24.3 Å². The average Bonchev–Trinajstić information content (AvgIpc) is 3.60. The van der Waals surface area contributed by atoms with Gasteiger partial charge in [-0.15, -0.1) is 0 Å². The van der Waals surface area contributed by atoms with Gasteiger partial charge < -0.3 is 18.9 Å². The van der Waals surface area contributed by atoms with Crippen LogP contribution in [0.4, 0.5) is 5.13 Å². The minimum Gasteiger partial charge on any atom is -0.493 e. The molecule has 10 nitrogen and oxygen atoms in total. The van der Waals surface area contributed by atoms with Gasteiger partial charge in [0.15, 0.2) is 23.2 Å². The number of fused-ring (bicyclic) bond motifs is 1. The first-order chi connectivity index (χ1) is 19.8. The lowest BCUT2D eigenvalue weighted by Gasteiger charge is -2.21. The number of benzene rings is 3. The molecule has 0 radical (unpaired) electrons. The fraction of sp³-hybridized carbons (Fsp3) is 0.267. The van der Waals surface area contributed by atoms with Crippen LogP contribution in [0.15, 0.2) is 59.7 Å². The summed E-state index contributed by atoms with van der Waals surface area (Å²) in [4.78, 5) is 29.7. The van der Waals surface area contributed by atoms with Crippen LogP contribution in [0.5, 0.6) is 23.0 Å². The number of para-hydroxylation sites is 1. The quantitative estimate of drug-likeness (QED) is 0.287. The van der Waals surface area contributed by atoms with Gasteiger partial charge in [0.1, 0.15) is 5.75 Å². The second-order valence-corrected chi connectivity index (χ2v) is 10.4. The maximum absolute atomic E-state index is 12.6. The topological polar surface area (TPSA) is 112 Å². The molecule has 1 aromatic heterocycles. The number of carbonyl (C=O) groups excluding carboxylic acids is 2. The summed E-state index contributed by atoms with van der Waals surface area (Å²) >= 11 is 1.41. The third-order valence-corrected chi connectivity index (χ3v) is 7.68. The van der Waals surface area contributed by atoms with E-state index in [4.69, 9.17) is 18.9 Å². The van der Waals surface area contributed by atoms with Gasteiger partial charge in [-0.3, -0.25) is 14.9 Å². The van der Waals surface area contributed by atoms with Gasteiger partial charge in [-0.1, -0.05) is 35.6 Å². The van der Waals surface area contributed by atoms with E-state index in [2.05, 4.69) is 15.4 Å². The summed E-state index contributed by atoms with van der Waals surface area (Å²) in [6, 6.07) is 16.7. The number of carbonyl (C=O) groups is 2. The van der Waals surface area contributed by atoms with Crippen LogP contribution in [-0.4, -0.2) is 55.5 Å². The minimum absolute atomic E-state index is 0.186. The lowest BCUT2D eigenvalue weighted by Crippen LogP contribution is -2.24. The van der Waals surface area contributed by atoms with E-state index in [1.165, 1.54) is 23.3 Å². The number of nitrogens with zero attached hydrogens (tertiary/aromatic N) is 3. The standard InChI is InChI=1S/C30H30N4O6S/c1-17-10-11-19(12-24(17)40-16-28(36)32-30-31-21-8-6-7-9-27(21)41-30)23-15-22(33-34(23)18(2)35)20-13-25(37-3)29(39-5)26(14-20)38-4/h6-14,23H,15-16H2,1-5H3,(H,31,32,36). The molecule has 11 heteroatoms. The minimum atomic E-state index is -0.360. The van der Waals surface area contributed by atoms with E-state index >= 15 is 0 Å². The number of aromatic nitrogens is 1. The Balaban J connectivity index is 1.33. The van der Waals surface area contributed by atoms with E-state index in [1.54, 1.807) is 21.3 Å². The predicted molar refractivity (Wildman–Crippen MR) is 157 cm³/mol. The maximum Gasteiger partial charge on any atom is 0.264 e. The molecule has 0 fully saturated rings. The van der Waals surface area contributed by atoms with Crippen LogP contribution in [0.3, 0.4) is 0 Å². The van der Waals surface area contributed by atoms with Gasteiger partial charge in [-0.2, -0.15) is 5.10 Å². The molecule has 41 heavy (non-hydrogen) atoms. The van der Waals surface area contributed by atoms with Crippen LogP contribution >= 0.6 is 11.3 Å². The fourth-order valence-corrected chi connectivity index (χ4v) is 5.57. The number of anilines is 1. The van der Waals surface area contributed by atoms with E-state index in [-0.39, 0.29) is 24.5 Å². The number of hydrogen-bond donors (Lipinski definition) is 1. The van der Waals surface area contributed by atoms with Gasteiger partial charge >= 0.3 is 0 Å².